The Kier molecular flexibility index (Phi) is 4.34. The van der Waals surface area contributed by atoms with Crippen LogP contribution in [0, 0.1) is 6.92 Å². The molecule has 0 aliphatic carbocycles. The van der Waals surface area contributed by atoms with E-state index in [0.29, 0.717) is 27.5 Å². The fraction of sp³-hybridized carbons (Fsp3) is 0.176. The van der Waals surface area contributed by atoms with Crippen molar-refractivity contribution < 1.29 is 9.90 Å². The summed E-state index contributed by atoms with van der Waals surface area (Å²) in [6.45, 7) is 4.04. The lowest BCUT2D eigenvalue weighted by atomic mass is 10.1. The van der Waals surface area contributed by atoms with Crippen molar-refractivity contribution in [1.82, 2.24) is 4.57 Å². The second kappa shape index (κ2) is 6.30. The molecule has 0 saturated carbocycles. The molecule has 0 atom stereocenters. The van der Waals surface area contributed by atoms with E-state index in [0.717, 1.165) is 5.56 Å². The smallest absolute Gasteiger partial charge is 0.267 e. The number of nitrogens with one attached hydrogen (secondary N) is 1. The van der Waals surface area contributed by atoms with Gasteiger partial charge in [0.1, 0.15) is 5.56 Å². The third-order valence-electron chi connectivity index (χ3n) is 3.84. The Hall–Kier alpha value is -2.31. The zero-order chi connectivity index (χ0) is 17.4. The van der Waals surface area contributed by atoms with Crippen LogP contribution in [0.3, 0.4) is 0 Å². The van der Waals surface area contributed by atoms with Gasteiger partial charge >= 0.3 is 0 Å². The molecule has 1 aromatic carbocycles. The number of carbonyl (C=O) groups is 1. The highest BCUT2D eigenvalue weighted by Gasteiger charge is 2.23. The molecule has 0 aliphatic rings. The maximum Gasteiger partial charge on any atom is 0.267 e. The Morgan fingerprint density at radius 2 is 2.12 bits per heavy atom. The number of pyridine rings is 1. The molecule has 5 nitrogen and oxygen atoms in total. The Morgan fingerprint density at radius 1 is 1.38 bits per heavy atom. The Morgan fingerprint density at radius 3 is 2.83 bits per heavy atom. The van der Waals surface area contributed by atoms with Gasteiger partial charge in [-0.15, -0.1) is 11.3 Å². The molecule has 0 bridgehead atoms. The normalized spacial score (nSPS) is 11.0. The minimum absolute atomic E-state index is 0.258. The summed E-state index contributed by atoms with van der Waals surface area (Å²) < 4.78 is 2.00. The van der Waals surface area contributed by atoms with E-state index in [9.17, 15) is 14.7 Å². The van der Waals surface area contributed by atoms with E-state index >= 15 is 0 Å². The summed E-state index contributed by atoms with van der Waals surface area (Å²) in [7, 11) is 0. The van der Waals surface area contributed by atoms with Crippen LogP contribution in [0.5, 0.6) is 5.75 Å². The fourth-order valence-corrected chi connectivity index (χ4v) is 3.60. The number of anilines is 1. The van der Waals surface area contributed by atoms with Gasteiger partial charge in [0.2, 0.25) is 0 Å². The van der Waals surface area contributed by atoms with Crippen LogP contribution in [0.25, 0.3) is 10.2 Å². The monoisotopic (exact) mass is 362 g/mol. The van der Waals surface area contributed by atoms with Crippen molar-refractivity contribution in [2.45, 2.75) is 20.4 Å². The summed E-state index contributed by atoms with van der Waals surface area (Å²) in [5.41, 5.74) is 1.16. The zero-order valence-corrected chi connectivity index (χ0v) is 14.7. The lowest BCUT2D eigenvalue weighted by molar-refractivity contribution is 0.102. The molecule has 2 heterocycles. The number of amides is 1. The largest absolute Gasteiger partial charge is 0.505 e. The number of rotatable bonds is 3. The zero-order valence-electron chi connectivity index (χ0n) is 13.1. The number of benzene rings is 1. The van der Waals surface area contributed by atoms with Crippen LogP contribution in [0.2, 0.25) is 5.02 Å². The fourth-order valence-electron chi connectivity index (χ4n) is 2.58. The van der Waals surface area contributed by atoms with Gasteiger partial charge in [0.05, 0.1) is 10.2 Å². The second-order valence-corrected chi connectivity index (χ2v) is 6.67. The van der Waals surface area contributed by atoms with Gasteiger partial charge in [-0.3, -0.25) is 9.59 Å². The van der Waals surface area contributed by atoms with E-state index in [1.54, 1.807) is 29.6 Å². The van der Waals surface area contributed by atoms with Gasteiger partial charge in [0, 0.05) is 17.3 Å². The summed E-state index contributed by atoms with van der Waals surface area (Å²) >= 11 is 7.24. The van der Waals surface area contributed by atoms with Crippen LogP contribution in [0.15, 0.2) is 34.4 Å². The molecular formula is C17H15ClN2O3S. The lowest BCUT2D eigenvalue weighted by Gasteiger charge is -2.12. The molecule has 0 unspecified atom stereocenters. The maximum atomic E-state index is 12.6. The highest BCUT2D eigenvalue weighted by Crippen LogP contribution is 2.31. The van der Waals surface area contributed by atoms with E-state index < -0.39 is 11.5 Å². The van der Waals surface area contributed by atoms with Crippen molar-refractivity contribution in [2.75, 3.05) is 5.32 Å². The number of hydrogen-bond acceptors (Lipinski definition) is 4. The van der Waals surface area contributed by atoms with Gasteiger partial charge in [-0.05, 0) is 43.0 Å². The van der Waals surface area contributed by atoms with Crippen molar-refractivity contribution in [3.05, 3.63) is 56.1 Å². The highest BCUT2D eigenvalue weighted by molar-refractivity contribution is 7.17. The third kappa shape index (κ3) is 2.68. The molecule has 1 amide bonds. The predicted molar refractivity (Wildman–Crippen MR) is 97.6 cm³/mol. The van der Waals surface area contributed by atoms with Gasteiger partial charge in [0.15, 0.2) is 5.75 Å². The summed E-state index contributed by atoms with van der Waals surface area (Å²) in [4.78, 5) is 25.3. The Bertz CT molecular complexity index is 1010. The van der Waals surface area contributed by atoms with Crippen molar-refractivity contribution in [3.8, 4) is 5.75 Å². The quantitative estimate of drug-likeness (QED) is 0.739. The average Bonchev–Trinajstić information content (AvgIpc) is 3.01. The predicted octanol–water partition coefficient (Wildman–Crippen LogP) is 4.00. The van der Waals surface area contributed by atoms with Crippen molar-refractivity contribution in [1.29, 1.82) is 0 Å². The average molecular weight is 363 g/mol. The third-order valence-corrected chi connectivity index (χ3v) is 4.98. The van der Waals surface area contributed by atoms with Crippen LogP contribution >= 0.6 is 22.9 Å². The molecule has 124 valence electrons. The van der Waals surface area contributed by atoms with Gasteiger partial charge in [-0.25, -0.2) is 0 Å². The number of aryl methyl sites for hydroxylation is 2. The Balaban J connectivity index is 2.13. The van der Waals surface area contributed by atoms with Crippen LogP contribution in [0.4, 0.5) is 5.69 Å². The number of aromatic hydroxyl groups is 1. The molecule has 0 aliphatic heterocycles. The first-order valence-electron chi connectivity index (χ1n) is 7.34. The lowest BCUT2D eigenvalue weighted by Crippen LogP contribution is -2.29. The number of aromatic nitrogens is 1. The van der Waals surface area contributed by atoms with E-state index in [2.05, 4.69) is 5.32 Å². The molecule has 2 aromatic heterocycles. The van der Waals surface area contributed by atoms with Crippen molar-refractivity contribution >= 4 is 44.7 Å². The molecular weight excluding hydrogens is 348 g/mol. The first kappa shape index (κ1) is 16.5. The minimum Gasteiger partial charge on any atom is -0.505 e. The number of carbonyl (C=O) groups excluding carboxylic acids is 1. The summed E-state index contributed by atoms with van der Waals surface area (Å²) in [5.74, 6) is -0.938. The summed E-state index contributed by atoms with van der Waals surface area (Å²) in [6, 6.07) is 6.84. The number of nitrogens with zero attached hydrogens (tertiary/aromatic N) is 1. The molecule has 0 saturated heterocycles. The SMILES string of the molecule is CCn1c(=O)c(C(=O)Nc2cc(Cl)ccc2C)c(O)c2sccc21. The van der Waals surface area contributed by atoms with Crippen molar-refractivity contribution in [3.63, 3.8) is 0 Å². The van der Waals surface area contributed by atoms with E-state index in [-0.39, 0.29) is 11.3 Å². The number of fused-ring (bicyclic) bond motifs is 1. The molecule has 0 spiro atoms. The molecule has 0 fully saturated rings. The van der Waals surface area contributed by atoms with E-state index in [4.69, 9.17) is 11.6 Å². The van der Waals surface area contributed by atoms with Gasteiger partial charge in [-0.1, -0.05) is 17.7 Å². The van der Waals surface area contributed by atoms with Crippen LogP contribution in [-0.4, -0.2) is 15.6 Å². The number of halogens is 1. The molecule has 24 heavy (non-hydrogen) atoms. The highest BCUT2D eigenvalue weighted by atomic mass is 35.5. The molecule has 3 aromatic rings. The molecule has 0 radical (unpaired) electrons. The van der Waals surface area contributed by atoms with Gasteiger partial charge < -0.3 is 15.0 Å². The minimum atomic E-state index is -0.652. The van der Waals surface area contributed by atoms with E-state index in [1.807, 2.05) is 13.8 Å². The summed E-state index contributed by atoms with van der Waals surface area (Å²) in [5, 5.41) is 15.3. The van der Waals surface area contributed by atoms with Crippen LogP contribution < -0.4 is 10.9 Å². The number of hydrogen-bond donors (Lipinski definition) is 2. The standard InChI is InChI=1S/C17H15ClN2O3S/c1-3-20-12-6-7-24-15(12)14(21)13(17(20)23)16(22)19-11-8-10(18)5-4-9(11)2/h4-8,21H,3H2,1-2H3,(H,19,22). The van der Waals surface area contributed by atoms with E-state index in [1.165, 1.54) is 15.9 Å². The topological polar surface area (TPSA) is 71.3 Å². The first-order valence-corrected chi connectivity index (χ1v) is 8.60. The summed E-state index contributed by atoms with van der Waals surface area (Å²) in [6.07, 6.45) is 0. The van der Waals surface area contributed by atoms with Crippen LogP contribution in [0.1, 0.15) is 22.8 Å². The van der Waals surface area contributed by atoms with Crippen molar-refractivity contribution in [2.24, 2.45) is 0 Å². The second-order valence-electron chi connectivity index (χ2n) is 5.32. The van der Waals surface area contributed by atoms with Gasteiger partial charge in [0.25, 0.3) is 11.5 Å². The Labute approximate surface area is 147 Å². The molecule has 3 rings (SSSR count). The first-order chi connectivity index (χ1) is 11.4. The maximum absolute atomic E-state index is 12.6. The molecule has 7 heteroatoms. The molecule has 2 N–H and O–H groups in total. The number of thiophene rings is 1. The van der Waals surface area contributed by atoms with Gasteiger partial charge in [-0.2, -0.15) is 0 Å². The van der Waals surface area contributed by atoms with Crippen LogP contribution in [-0.2, 0) is 6.54 Å².